The Morgan fingerprint density at radius 2 is 1.53 bits per heavy atom. The maximum absolute atomic E-state index is 12.8. The second kappa shape index (κ2) is 10.1. The maximum atomic E-state index is 12.8. The molecule has 8 atom stereocenters. The molecule has 4 saturated carbocycles. The first kappa shape index (κ1) is 30.2. The molecule has 2 amide bonds. The number of aromatic carboxylic acids is 1. The van der Waals surface area contributed by atoms with E-state index < -0.39 is 11.9 Å². The van der Waals surface area contributed by atoms with E-state index in [1.54, 1.807) is 12.1 Å². The van der Waals surface area contributed by atoms with Crippen molar-refractivity contribution in [1.82, 2.24) is 10.6 Å². The van der Waals surface area contributed by atoms with Gasteiger partial charge in [0.05, 0.1) is 5.56 Å². The SMILES string of the molecule is CC1(C)C(c2ccc(C(=O)O)cc2)=CCC2(C)C1CCC1(C)C2CCC2C3CCCC3(NC(=O)NCC(=O)O)CC[C@]21C. The first-order valence-electron chi connectivity index (χ1n) is 16.5. The Morgan fingerprint density at radius 1 is 0.814 bits per heavy atom. The second-order valence-electron chi connectivity index (χ2n) is 16.0. The minimum atomic E-state index is -1.02. The number of benzene rings is 1. The molecule has 7 unspecified atom stereocenters. The topological polar surface area (TPSA) is 116 Å². The average molecular weight is 591 g/mol. The molecule has 5 aliphatic rings. The van der Waals surface area contributed by atoms with Crippen LogP contribution in [0.5, 0.6) is 0 Å². The summed E-state index contributed by atoms with van der Waals surface area (Å²) in [6.45, 7) is 12.2. The molecular formula is C36H50N2O5. The molecule has 0 aliphatic heterocycles. The molecule has 0 spiro atoms. The van der Waals surface area contributed by atoms with E-state index in [4.69, 9.17) is 5.11 Å². The van der Waals surface area contributed by atoms with E-state index in [1.807, 2.05) is 12.1 Å². The molecule has 6 rings (SSSR count). The summed E-state index contributed by atoms with van der Waals surface area (Å²) < 4.78 is 0. The molecule has 0 heterocycles. The van der Waals surface area contributed by atoms with E-state index in [1.165, 1.54) is 31.3 Å². The molecule has 7 heteroatoms. The van der Waals surface area contributed by atoms with E-state index in [2.05, 4.69) is 51.3 Å². The van der Waals surface area contributed by atoms with Gasteiger partial charge in [0.25, 0.3) is 0 Å². The molecule has 234 valence electrons. The number of carboxylic acid groups (broad SMARTS) is 2. The van der Waals surface area contributed by atoms with Gasteiger partial charge in [-0.3, -0.25) is 4.79 Å². The fourth-order valence-electron chi connectivity index (χ4n) is 12.1. The van der Waals surface area contributed by atoms with Gasteiger partial charge in [-0.1, -0.05) is 59.2 Å². The summed E-state index contributed by atoms with van der Waals surface area (Å²) >= 11 is 0. The smallest absolute Gasteiger partial charge is 0.335 e. The molecule has 5 aliphatic carbocycles. The third kappa shape index (κ3) is 4.38. The minimum absolute atomic E-state index is 0.0166. The Labute approximate surface area is 256 Å². The van der Waals surface area contributed by atoms with Crippen LogP contribution in [0.4, 0.5) is 4.79 Å². The normalized spacial score (nSPS) is 41.0. The van der Waals surface area contributed by atoms with Crippen LogP contribution in [-0.4, -0.2) is 40.3 Å². The largest absolute Gasteiger partial charge is 0.480 e. The van der Waals surface area contributed by atoms with Gasteiger partial charge in [-0.25, -0.2) is 9.59 Å². The number of carbonyl (C=O) groups is 3. The number of allylic oxidation sites excluding steroid dienone is 2. The van der Waals surface area contributed by atoms with Crippen LogP contribution in [0.1, 0.15) is 115 Å². The van der Waals surface area contributed by atoms with Gasteiger partial charge in [0, 0.05) is 5.54 Å². The number of amides is 2. The lowest BCUT2D eigenvalue weighted by molar-refractivity contribution is -0.216. The first-order chi connectivity index (χ1) is 20.2. The number of carboxylic acids is 2. The predicted molar refractivity (Wildman–Crippen MR) is 167 cm³/mol. The Bertz CT molecular complexity index is 1350. The highest BCUT2D eigenvalue weighted by Gasteiger charge is 2.69. The summed E-state index contributed by atoms with van der Waals surface area (Å²) in [5.41, 5.74) is 3.19. The van der Waals surface area contributed by atoms with Crippen LogP contribution < -0.4 is 10.6 Å². The summed E-state index contributed by atoms with van der Waals surface area (Å²) in [5, 5.41) is 24.3. The highest BCUT2D eigenvalue weighted by molar-refractivity contribution is 5.88. The summed E-state index contributed by atoms with van der Waals surface area (Å²) in [7, 11) is 0. The first-order valence-corrected chi connectivity index (χ1v) is 16.5. The van der Waals surface area contributed by atoms with Crippen molar-refractivity contribution >= 4 is 23.5 Å². The van der Waals surface area contributed by atoms with Crippen LogP contribution >= 0.6 is 0 Å². The molecule has 1 aromatic carbocycles. The Morgan fingerprint density at radius 3 is 2.21 bits per heavy atom. The number of carbonyl (C=O) groups excluding carboxylic acids is 1. The number of hydrogen-bond acceptors (Lipinski definition) is 3. The highest BCUT2D eigenvalue weighted by Crippen LogP contribution is 2.76. The molecular weight excluding hydrogens is 540 g/mol. The zero-order valence-corrected chi connectivity index (χ0v) is 26.6. The Balaban J connectivity index is 1.28. The highest BCUT2D eigenvalue weighted by atomic mass is 16.4. The molecule has 0 aromatic heterocycles. The standard InChI is InChI=1S/C36H50N2O5/c1-32(2)24(22-8-10-23(11-9-22)30(41)42)14-17-33(3)27(32)15-18-35(5)28(33)13-12-25-26-7-6-16-36(26,20-19-34(25,35)4)38-31(43)37-21-29(39)40/h8-11,14,25-28H,6-7,12-13,15-21H2,1-5H3,(H,39,40)(H,41,42)(H2,37,38,43)/t25?,26?,27?,28?,33?,34-,35?,36?/m1/s1. The van der Waals surface area contributed by atoms with Crippen LogP contribution in [-0.2, 0) is 4.79 Å². The van der Waals surface area contributed by atoms with Crippen molar-refractivity contribution in [3.63, 3.8) is 0 Å². The molecule has 4 N–H and O–H groups in total. The summed E-state index contributed by atoms with van der Waals surface area (Å²) in [6.07, 6.45) is 13.7. The predicted octanol–water partition coefficient (Wildman–Crippen LogP) is 7.37. The van der Waals surface area contributed by atoms with E-state index in [0.717, 1.165) is 44.1 Å². The average Bonchev–Trinajstić information content (AvgIpc) is 3.35. The lowest BCUT2D eigenvalue weighted by Gasteiger charge is -2.72. The number of rotatable bonds is 5. The number of nitrogens with one attached hydrogen (secondary N) is 2. The van der Waals surface area contributed by atoms with Crippen molar-refractivity contribution in [2.24, 2.45) is 45.3 Å². The lowest BCUT2D eigenvalue weighted by Crippen LogP contribution is -2.68. The Hall–Kier alpha value is -2.83. The van der Waals surface area contributed by atoms with Gasteiger partial charge in [0.1, 0.15) is 6.54 Å². The minimum Gasteiger partial charge on any atom is -0.480 e. The Kier molecular flexibility index (Phi) is 7.09. The van der Waals surface area contributed by atoms with E-state index in [0.29, 0.717) is 29.2 Å². The van der Waals surface area contributed by atoms with Crippen LogP contribution in [0.15, 0.2) is 30.3 Å². The summed E-state index contributed by atoms with van der Waals surface area (Å²) in [5.74, 6) is 0.250. The van der Waals surface area contributed by atoms with Crippen molar-refractivity contribution in [1.29, 1.82) is 0 Å². The van der Waals surface area contributed by atoms with Crippen molar-refractivity contribution < 1.29 is 24.6 Å². The van der Waals surface area contributed by atoms with Gasteiger partial charge in [-0.15, -0.1) is 0 Å². The number of hydrogen-bond donors (Lipinski definition) is 4. The molecule has 7 nitrogen and oxygen atoms in total. The van der Waals surface area contributed by atoms with Gasteiger partial charge in [0.2, 0.25) is 0 Å². The lowest BCUT2D eigenvalue weighted by atomic mass is 9.33. The number of aliphatic carboxylic acids is 1. The fraction of sp³-hybridized carbons (Fsp3) is 0.694. The number of urea groups is 1. The van der Waals surface area contributed by atoms with E-state index in [-0.39, 0.29) is 39.8 Å². The maximum Gasteiger partial charge on any atom is 0.335 e. The van der Waals surface area contributed by atoms with Crippen LogP contribution in [0.2, 0.25) is 0 Å². The van der Waals surface area contributed by atoms with Gasteiger partial charge < -0.3 is 20.8 Å². The van der Waals surface area contributed by atoms with Crippen molar-refractivity contribution in [3.05, 3.63) is 41.5 Å². The van der Waals surface area contributed by atoms with Gasteiger partial charge in [-0.05, 0) is 126 Å². The summed E-state index contributed by atoms with van der Waals surface area (Å²) in [4.78, 5) is 35.3. The number of fused-ring (bicyclic) bond motifs is 7. The fourth-order valence-corrected chi connectivity index (χ4v) is 12.1. The van der Waals surface area contributed by atoms with Gasteiger partial charge in [-0.2, -0.15) is 0 Å². The van der Waals surface area contributed by atoms with Crippen LogP contribution in [0.3, 0.4) is 0 Å². The molecule has 1 aromatic rings. The van der Waals surface area contributed by atoms with Crippen molar-refractivity contribution in [2.45, 2.75) is 104 Å². The zero-order valence-electron chi connectivity index (χ0n) is 26.6. The zero-order chi connectivity index (χ0) is 31.0. The van der Waals surface area contributed by atoms with Crippen LogP contribution in [0.25, 0.3) is 5.57 Å². The molecule has 0 radical (unpaired) electrons. The van der Waals surface area contributed by atoms with Crippen molar-refractivity contribution in [3.8, 4) is 0 Å². The third-order valence-electron chi connectivity index (χ3n) is 14.1. The quantitative estimate of drug-likeness (QED) is 0.286. The van der Waals surface area contributed by atoms with E-state index in [9.17, 15) is 19.5 Å². The molecule has 0 bridgehead atoms. The third-order valence-corrected chi connectivity index (χ3v) is 14.1. The molecule has 4 fully saturated rings. The molecule has 43 heavy (non-hydrogen) atoms. The van der Waals surface area contributed by atoms with Crippen molar-refractivity contribution in [2.75, 3.05) is 6.54 Å². The summed E-state index contributed by atoms with van der Waals surface area (Å²) in [6, 6.07) is 7.11. The van der Waals surface area contributed by atoms with Crippen LogP contribution in [0, 0.1) is 45.3 Å². The van der Waals surface area contributed by atoms with Gasteiger partial charge >= 0.3 is 18.0 Å². The monoisotopic (exact) mass is 590 g/mol. The molecule has 0 saturated heterocycles. The van der Waals surface area contributed by atoms with Gasteiger partial charge in [0.15, 0.2) is 0 Å². The van der Waals surface area contributed by atoms with E-state index >= 15 is 0 Å². The second-order valence-corrected chi connectivity index (χ2v) is 16.0.